The van der Waals surface area contributed by atoms with Crippen LogP contribution in [-0.2, 0) is 11.2 Å². The molecule has 0 saturated heterocycles. The van der Waals surface area contributed by atoms with Crippen molar-refractivity contribution in [2.45, 2.75) is 39.7 Å². The van der Waals surface area contributed by atoms with Crippen LogP contribution in [-0.4, -0.2) is 33.2 Å². The zero-order valence-electron chi connectivity index (χ0n) is 15.4. The highest BCUT2D eigenvalue weighted by atomic mass is 16.5. The van der Waals surface area contributed by atoms with Crippen molar-refractivity contribution in [2.75, 3.05) is 6.54 Å². The summed E-state index contributed by atoms with van der Waals surface area (Å²) in [6.07, 6.45) is 2.95. The molecule has 0 radical (unpaired) electrons. The third-order valence-corrected chi connectivity index (χ3v) is 4.14. The largest absolute Gasteiger partial charge is 0.481 e. The SMILES string of the molecule is Cc1cc(C)cc(OC(C)C(=O)NCCCc2nnc3ccccn23)c1. The van der Waals surface area contributed by atoms with Crippen molar-refractivity contribution in [3.8, 4) is 5.75 Å². The lowest BCUT2D eigenvalue weighted by molar-refractivity contribution is -0.127. The number of aromatic nitrogens is 3. The predicted molar refractivity (Wildman–Crippen MR) is 100 cm³/mol. The van der Waals surface area contributed by atoms with Gasteiger partial charge in [-0.15, -0.1) is 10.2 Å². The van der Waals surface area contributed by atoms with Crippen molar-refractivity contribution < 1.29 is 9.53 Å². The third-order valence-electron chi connectivity index (χ3n) is 4.14. The minimum absolute atomic E-state index is 0.115. The summed E-state index contributed by atoms with van der Waals surface area (Å²) in [6.45, 7) is 6.36. The number of nitrogens with zero attached hydrogens (tertiary/aromatic N) is 3. The average molecular weight is 352 g/mol. The molecule has 2 aromatic heterocycles. The van der Waals surface area contributed by atoms with Gasteiger partial charge in [0, 0.05) is 19.2 Å². The van der Waals surface area contributed by atoms with Gasteiger partial charge in [0.15, 0.2) is 11.8 Å². The van der Waals surface area contributed by atoms with Gasteiger partial charge in [0.1, 0.15) is 11.6 Å². The lowest BCUT2D eigenvalue weighted by Crippen LogP contribution is -2.37. The van der Waals surface area contributed by atoms with Crippen LogP contribution < -0.4 is 10.1 Å². The number of benzene rings is 1. The number of amides is 1. The van der Waals surface area contributed by atoms with Crippen LogP contribution in [0.4, 0.5) is 0 Å². The Bertz CT molecular complexity index is 883. The Labute approximate surface area is 153 Å². The van der Waals surface area contributed by atoms with Gasteiger partial charge in [0.2, 0.25) is 0 Å². The number of hydrogen-bond acceptors (Lipinski definition) is 4. The smallest absolute Gasteiger partial charge is 0.260 e. The Morgan fingerprint density at radius 1 is 1.19 bits per heavy atom. The summed E-state index contributed by atoms with van der Waals surface area (Å²) in [4.78, 5) is 12.2. The molecule has 0 spiro atoms. The molecule has 6 heteroatoms. The second-order valence-electron chi connectivity index (χ2n) is 6.52. The van der Waals surface area contributed by atoms with Gasteiger partial charge in [-0.05, 0) is 62.6 Å². The fraction of sp³-hybridized carbons (Fsp3) is 0.350. The van der Waals surface area contributed by atoms with E-state index >= 15 is 0 Å². The van der Waals surface area contributed by atoms with E-state index in [1.54, 1.807) is 6.92 Å². The molecule has 1 N–H and O–H groups in total. The van der Waals surface area contributed by atoms with Gasteiger partial charge in [-0.2, -0.15) is 0 Å². The number of carbonyl (C=O) groups excluding carboxylic acids is 1. The molecule has 26 heavy (non-hydrogen) atoms. The topological polar surface area (TPSA) is 68.5 Å². The van der Waals surface area contributed by atoms with Crippen LogP contribution >= 0.6 is 0 Å². The van der Waals surface area contributed by atoms with Crippen molar-refractivity contribution in [2.24, 2.45) is 0 Å². The molecule has 0 aliphatic rings. The average Bonchev–Trinajstić information content (AvgIpc) is 3.01. The van der Waals surface area contributed by atoms with Crippen LogP contribution in [0.5, 0.6) is 5.75 Å². The minimum atomic E-state index is -0.537. The fourth-order valence-electron chi connectivity index (χ4n) is 2.92. The maximum absolute atomic E-state index is 12.2. The predicted octanol–water partition coefficient (Wildman–Crippen LogP) is 2.86. The van der Waals surface area contributed by atoms with E-state index in [9.17, 15) is 4.79 Å². The summed E-state index contributed by atoms with van der Waals surface area (Å²) in [5.41, 5.74) is 3.07. The number of ether oxygens (including phenoxy) is 1. The van der Waals surface area contributed by atoms with Crippen LogP contribution in [0.3, 0.4) is 0 Å². The molecule has 1 aromatic carbocycles. The van der Waals surface area contributed by atoms with Crippen LogP contribution in [0.25, 0.3) is 5.65 Å². The number of fused-ring (bicyclic) bond motifs is 1. The standard InChI is InChI=1S/C20H24N4O2/c1-14-11-15(2)13-17(12-14)26-16(3)20(25)21-9-6-8-19-23-22-18-7-4-5-10-24(18)19/h4-5,7,10-13,16H,6,8-9H2,1-3H3,(H,21,25). The summed E-state index contributed by atoms with van der Waals surface area (Å²) >= 11 is 0. The van der Waals surface area contributed by atoms with Crippen molar-refractivity contribution in [3.63, 3.8) is 0 Å². The Hall–Kier alpha value is -2.89. The molecular formula is C20H24N4O2. The Morgan fingerprint density at radius 3 is 2.73 bits per heavy atom. The number of aryl methyl sites for hydroxylation is 3. The van der Waals surface area contributed by atoms with Gasteiger partial charge in [-0.3, -0.25) is 9.20 Å². The molecule has 0 saturated carbocycles. The molecule has 6 nitrogen and oxygen atoms in total. The summed E-state index contributed by atoms with van der Waals surface area (Å²) < 4.78 is 7.73. The second-order valence-corrected chi connectivity index (χ2v) is 6.52. The van der Waals surface area contributed by atoms with Crippen LogP contribution in [0, 0.1) is 13.8 Å². The fourth-order valence-corrected chi connectivity index (χ4v) is 2.92. The second kappa shape index (κ2) is 7.99. The van der Waals surface area contributed by atoms with E-state index in [1.165, 1.54) is 0 Å². The van der Waals surface area contributed by atoms with Gasteiger partial charge in [0.25, 0.3) is 5.91 Å². The lowest BCUT2D eigenvalue weighted by atomic mass is 10.1. The quantitative estimate of drug-likeness (QED) is 0.664. The number of hydrogen-bond donors (Lipinski definition) is 1. The van der Waals surface area contributed by atoms with Gasteiger partial charge in [-0.25, -0.2) is 0 Å². The molecule has 3 aromatic rings. The van der Waals surface area contributed by atoms with E-state index in [2.05, 4.69) is 21.6 Å². The molecule has 1 amide bonds. The molecule has 136 valence electrons. The highest BCUT2D eigenvalue weighted by molar-refractivity contribution is 5.80. The van der Waals surface area contributed by atoms with Crippen molar-refractivity contribution in [3.05, 3.63) is 59.5 Å². The normalized spacial score (nSPS) is 12.1. The molecular weight excluding hydrogens is 328 g/mol. The van der Waals surface area contributed by atoms with Gasteiger partial charge in [0.05, 0.1) is 0 Å². The van der Waals surface area contributed by atoms with Gasteiger partial charge >= 0.3 is 0 Å². The molecule has 3 rings (SSSR count). The molecule has 0 aliphatic carbocycles. The monoisotopic (exact) mass is 352 g/mol. The minimum Gasteiger partial charge on any atom is -0.481 e. The first kappa shape index (κ1) is 17.9. The van der Waals surface area contributed by atoms with Gasteiger partial charge in [-0.1, -0.05) is 12.1 Å². The number of pyridine rings is 1. The number of carbonyl (C=O) groups is 1. The Kier molecular flexibility index (Phi) is 5.51. The van der Waals surface area contributed by atoms with E-state index in [0.29, 0.717) is 6.54 Å². The first-order chi connectivity index (χ1) is 12.5. The van der Waals surface area contributed by atoms with Crippen molar-refractivity contribution >= 4 is 11.6 Å². The maximum Gasteiger partial charge on any atom is 0.260 e. The number of rotatable bonds is 7. The van der Waals surface area contributed by atoms with Crippen molar-refractivity contribution in [1.82, 2.24) is 19.9 Å². The molecule has 0 fully saturated rings. The Morgan fingerprint density at radius 2 is 1.96 bits per heavy atom. The van der Waals surface area contributed by atoms with E-state index in [-0.39, 0.29) is 5.91 Å². The summed E-state index contributed by atoms with van der Waals surface area (Å²) in [7, 11) is 0. The van der Waals surface area contributed by atoms with E-state index in [4.69, 9.17) is 4.74 Å². The van der Waals surface area contributed by atoms with Crippen LogP contribution in [0.1, 0.15) is 30.3 Å². The number of nitrogens with one attached hydrogen (secondary N) is 1. The lowest BCUT2D eigenvalue weighted by Gasteiger charge is -2.15. The Balaban J connectivity index is 1.46. The summed E-state index contributed by atoms with van der Waals surface area (Å²) in [5, 5.41) is 11.2. The van der Waals surface area contributed by atoms with E-state index in [0.717, 1.165) is 41.2 Å². The molecule has 2 heterocycles. The van der Waals surface area contributed by atoms with E-state index in [1.807, 2.05) is 54.8 Å². The molecule has 0 aliphatic heterocycles. The highest BCUT2D eigenvalue weighted by Crippen LogP contribution is 2.17. The zero-order valence-corrected chi connectivity index (χ0v) is 15.4. The summed E-state index contributed by atoms with van der Waals surface area (Å²) in [6, 6.07) is 11.8. The van der Waals surface area contributed by atoms with Gasteiger partial charge < -0.3 is 10.1 Å². The first-order valence-corrected chi connectivity index (χ1v) is 8.84. The van der Waals surface area contributed by atoms with Crippen LogP contribution in [0.2, 0.25) is 0 Å². The first-order valence-electron chi connectivity index (χ1n) is 8.84. The molecule has 1 unspecified atom stereocenters. The maximum atomic E-state index is 12.2. The van der Waals surface area contributed by atoms with E-state index < -0.39 is 6.10 Å². The van der Waals surface area contributed by atoms with Crippen molar-refractivity contribution in [1.29, 1.82) is 0 Å². The third kappa shape index (κ3) is 4.39. The summed E-state index contributed by atoms with van der Waals surface area (Å²) in [5.74, 6) is 1.50. The molecule has 0 bridgehead atoms. The zero-order chi connectivity index (χ0) is 18.5. The molecule has 1 atom stereocenters. The highest BCUT2D eigenvalue weighted by Gasteiger charge is 2.14. The van der Waals surface area contributed by atoms with Crippen LogP contribution in [0.15, 0.2) is 42.6 Å².